The summed E-state index contributed by atoms with van der Waals surface area (Å²) in [6.07, 6.45) is 1.24. The molecule has 4 N–H and O–H groups in total. The molecule has 1 unspecified atom stereocenters. The molecule has 0 fully saturated rings. The van der Waals surface area contributed by atoms with Crippen molar-refractivity contribution in [2.24, 2.45) is 0 Å². The van der Waals surface area contributed by atoms with Crippen molar-refractivity contribution in [2.75, 3.05) is 12.3 Å². The fourth-order valence-corrected chi connectivity index (χ4v) is 3.46. The highest BCUT2D eigenvalue weighted by Gasteiger charge is 2.26. The van der Waals surface area contributed by atoms with Crippen LogP contribution in [0.5, 0.6) is 0 Å². The summed E-state index contributed by atoms with van der Waals surface area (Å²) < 4.78 is 0.894. The molecule has 0 saturated heterocycles. The molecule has 1 amide bonds. The summed E-state index contributed by atoms with van der Waals surface area (Å²) in [5.41, 5.74) is 6.12. The molecule has 1 heterocycles. The smallest absolute Gasteiger partial charge is 0.263 e. The van der Waals surface area contributed by atoms with E-state index in [1.54, 1.807) is 12.1 Å². The summed E-state index contributed by atoms with van der Waals surface area (Å²) in [6.45, 7) is 3.92. The Hall–Kier alpha value is -1.30. The predicted molar refractivity (Wildman–Crippen MR) is 89.1 cm³/mol. The number of anilines is 1. The van der Waals surface area contributed by atoms with E-state index in [9.17, 15) is 4.79 Å². The summed E-state index contributed by atoms with van der Waals surface area (Å²) in [6, 6.07) is 5.39. The Kier molecular flexibility index (Phi) is 4.76. The van der Waals surface area contributed by atoms with E-state index in [4.69, 9.17) is 22.4 Å². The number of nitrogens with two attached hydrogens (primary N) is 1. The number of rotatable bonds is 5. The van der Waals surface area contributed by atoms with Crippen molar-refractivity contribution in [2.45, 2.75) is 32.2 Å². The van der Waals surface area contributed by atoms with Crippen LogP contribution in [0.1, 0.15) is 36.4 Å². The molecule has 6 heteroatoms. The summed E-state index contributed by atoms with van der Waals surface area (Å²) >= 11 is 7.30. The number of halogens is 1. The summed E-state index contributed by atoms with van der Waals surface area (Å²) in [7, 11) is 0. The minimum Gasteiger partial charge on any atom is -0.397 e. The number of aliphatic hydroxyl groups excluding tert-OH is 1. The van der Waals surface area contributed by atoms with Crippen molar-refractivity contribution in [3.05, 3.63) is 28.1 Å². The highest BCUT2D eigenvalue weighted by atomic mass is 35.5. The minimum atomic E-state index is -0.438. The van der Waals surface area contributed by atoms with Crippen molar-refractivity contribution >= 4 is 44.6 Å². The molecule has 1 atom stereocenters. The standard InChI is InChI=1S/C15H19ClN2O2S/c1-3-15(2,6-7-19)18-14(20)13-12(17)10-5-4-9(16)8-11(10)21-13/h4-5,8,19H,3,6-7,17H2,1-2H3,(H,18,20). The van der Waals surface area contributed by atoms with Gasteiger partial charge in [0.25, 0.3) is 5.91 Å². The van der Waals surface area contributed by atoms with Gasteiger partial charge in [0.05, 0.1) is 5.69 Å². The molecule has 1 aromatic heterocycles. The summed E-state index contributed by atoms with van der Waals surface area (Å²) in [5.74, 6) is -0.206. The van der Waals surface area contributed by atoms with Gasteiger partial charge in [0, 0.05) is 27.3 Å². The van der Waals surface area contributed by atoms with Crippen LogP contribution in [-0.2, 0) is 0 Å². The van der Waals surface area contributed by atoms with Crippen molar-refractivity contribution in [3.63, 3.8) is 0 Å². The molecule has 0 bridgehead atoms. The molecule has 1 aromatic carbocycles. The molecule has 0 aliphatic rings. The van der Waals surface area contributed by atoms with Crippen LogP contribution >= 0.6 is 22.9 Å². The van der Waals surface area contributed by atoms with Gasteiger partial charge in [-0.1, -0.05) is 18.5 Å². The first-order valence-electron chi connectivity index (χ1n) is 6.81. The fraction of sp³-hybridized carbons (Fsp3) is 0.400. The first-order valence-corrected chi connectivity index (χ1v) is 8.00. The van der Waals surface area contributed by atoms with E-state index in [0.717, 1.165) is 16.5 Å². The highest BCUT2D eigenvalue weighted by molar-refractivity contribution is 7.21. The largest absolute Gasteiger partial charge is 0.397 e. The van der Waals surface area contributed by atoms with Crippen molar-refractivity contribution in [1.82, 2.24) is 5.32 Å². The van der Waals surface area contributed by atoms with E-state index in [1.165, 1.54) is 11.3 Å². The Morgan fingerprint density at radius 2 is 2.24 bits per heavy atom. The van der Waals surface area contributed by atoms with Gasteiger partial charge in [0.15, 0.2) is 0 Å². The Morgan fingerprint density at radius 3 is 2.86 bits per heavy atom. The Bertz CT molecular complexity index is 671. The maximum atomic E-state index is 12.5. The van der Waals surface area contributed by atoms with Crippen LogP contribution in [0.15, 0.2) is 18.2 Å². The van der Waals surface area contributed by atoms with Gasteiger partial charge in [-0.3, -0.25) is 4.79 Å². The van der Waals surface area contributed by atoms with Crippen LogP contribution < -0.4 is 11.1 Å². The average Bonchev–Trinajstić information content (AvgIpc) is 2.75. The second-order valence-electron chi connectivity index (χ2n) is 5.33. The number of thiophene rings is 1. The monoisotopic (exact) mass is 326 g/mol. The average molecular weight is 327 g/mol. The van der Waals surface area contributed by atoms with Gasteiger partial charge in [-0.2, -0.15) is 0 Å². The van der Waals surface area contributed by atoms with Crippen LogP contribution in [0.4, 0.5) is 5.69 Å². The van der Waals surface area contributed by atoms with E-state index >= 15 is 0 Å². The van der Waals surface area contributed by atoms with Gasteiger partial charge in [0.2, 0.25) is 0 Å². The molecule has 0 saturated carbocycles. The number of benzene rings is 1. The molecule has 0 radical (unpaired) electrons. The van der Waals surface area contributed by atoms with Crippen molar-refractivity contribution in [3.8, 4) is 0 Å². The maximum absolute atomic E-state index is 12.5. The number of aliphatic hydroxyl groups is 1. The molecule has 2 aromatic rings. The lowest BCUT2D eigenvalue weighted by Gasteiger charge is -2.28. The van der Waals surface area contributed by atoms with E-state index in [2.05, 4.69) is 5.32 Å². The SMILES string of the molecule is CCC(C)(CCO)NC(=O)c1sc2cc(Cl)ccc2c1N. The lowest BCUT2D eigenvalue weighted by Crippen LogP contribution is -2.46. The minimum absolute atomic E-state index is 0.0299. The zero-order valence-electron chi connectivity index (χ0n) is 12.1. The third-order valence-electron chi connectivity index (χ3n) is 3.76. The van der Waals surface area contributed by atoms with E-state index in [0.29, 0.717) is 22.0 Å². The summed E-state index contributed by atoms with van der Waals surface area (Å²) in [4.78, 5) is 13.0. The molecule has 0 spiro atoms. The van der Waals surface area contributed by atoms with E-state index in [1.807, 2.05) is 19.9 Å². The molecule has 0 aliphatic carbocycles. The number of hydrogen-bond donors (Lipinski definition) is 3. The zero-order valence-corrected chi connectivity index (χ0v) is 13.6. The molecule has 0 aliphatic heterocycles. The Labute approximate surface area is 132 Å². The van der Waals surface area contributed by atoms with E-state index in [-0.39, 0.29) is 12.5 Å². The van der Waals surface area contributed by atoms with Crippen LogP contribution in [-0.4, -0.2) is 23.2 Å². The number of carbonyl (C=O) groups is 1. The first-order chi connectivity index (χ1) is 9.90. The topological polar surface area (TPSA) is 75.3 Å². The molecule has 114 valence electrons. The molecule has 21 heavy (non-hydrogen) atoms. The molecular formula is C15H19ClN2O2S. The van der Waals surface area contributed by atoms with Gasteiger partial charge in [0.1, 0.15) is 4.88 Å². The van der Waals surface area contributed by atoms with Crippen LogP contribution in [0.3, 0.4) is 0 Å². The molecular weight excluding hydrogens is 308 g/mol. The number of carbonyl (C=O) groups excluding carboxylic acids is 1. The zero-order chi connectivity index (χ0) is 15.6. The van der Waals surface area contributed by atoms with E-state index < -0.39 is 5.54 Å². The van der Waals surface area contributed by atoms with Gasteiger partial charge in [-0.25, -0.2) is 0 Å². The third-order valence-corrected chi connectivity index (χ3v) is 5.16. The Balaban J connectivity index is 2.33. The number of nitrogens with one attached hydrogen (secondary N) is 1. The lowest BCUT2D eigenvalue weighted by atomic mass is 9.95. The molecule has 4 nitrogen and oxygen atoms in total. The lowest BCUT2D eigenvalue weighted by molar-refractivity contribution is 0.0891. The van der Waals surface area contributed by atoms with Gasteiger partial charge >= 0.3 is 0 Å². The summed E-state index contributed by atoms with van der Waals surface area (Å²) in [5, 5.41) is 13.6. The van der Waals surface area contributed by atoms with Crippen LogP contribution in [0.25, 0.3) is 10.1 Å². The molecule has 2 rings (SSSR count). The van der Waals surface area contributed by atoms with Crippen molar-refractivity contribution < 1.29 is 9.90 Å². The number of nitrogen functional groups attached to an aromatic ring is 1. The van der Waals surface area contributed by atoms with Crippen LogP contribution in [0, 0.1) is 0 Å². The van der Waals surface area contributed by atoms with Gasteiger partial charge in [-0.05, 0) is 38.0 Å². The second-order valence-corrected chi connectivity index (χ2v) is 6.82. The highest BCUT2D eigenvalue weighted by Crippen LogP contribution is 2.35. The first kappa shape index (κ1) is 16.1. The van der Waals surface area contributed by atoms with Gasteiger partial charge < -0.3 is 16.2 Å². The van der Waals surface area contributed by atoms with Gasteiger partial charge in [-0.15, -0.1) is 11.3 Å². The predicted octanol–water partition coefficient (Wildman–Crippen LogP) is 3.42. The second kappa shape index (κ2) is 6.22. The normalized spacial score (nSPS) is 14.1. The quantitative estimate of drug-likeness (QED) is 0.788. The Morgan fingerprint density at radius 1 is 1.52 bits per heavy atom. The third kappa shape index (κ3) is 3.31. The maximum Gasteiger partial charge on any atom is 0.263 e. The number of amides is 1. The fourth-order valence-electron chi connectivity index (χ4n) is 2.16. The van der Waals surface area contributed by atoms with Crippen LogP contribution in [0.2, 0.25) is 5.02 Å². The van der Waals surface area contributed by atoms with Crippen molar-refractivity contribution in [1.29, 1.82) is 0 Å². The number of hydrogen-bond acceptors (Lipinski definition) is 4. The number of fused-ring (bicyclic) bond motifs is 1.